The normalized spacial score (nSPS) is 11.8. The van der Waals surface area contributed by atoms with E-state index in [4.69, 9.17) is 5.11 Å². The maximum absolute atomic E-state index is 12.4. The van der Waals surface area contributed by atoms with Crippen LogP contribution in [0.25, 0.3) is 0 Å². The molecule has 1 aromatic rings. The summed E-state index contributed by atoms with van der Waals surface area (Å²) in [6.07, 6.45) is 0.767. The van der Waals surface area contributed by atoms with Crippen molar-refractivity contribution in [3.05, 3.63) is 16.2 Å². The molecule has 1 rings (SSSR count). The maximum Gasteiger partial charge on any atom is 0.304 e. The van der Waals surface area contributed by atoms with E-state index < -0.39 is 14.9 Å². The molecule has 8 nitrogen and oxygen atoms in total. The third-order valence-electron chi connectivity index (χ3n) is 2.72. The van der Waals surface area contributed by atoms with Crippen LogP contribution in [0.2, 0.25) is 0 Å². The highest BCUT2D eigenvalue weighted by Crippen LogP contribution is 2.38. The fourth-order valence-corrected chi connectivity index (χ4v) is 4.62. The number of sulfonamides is 1. The molecular weight excluding hydrogens is 318 g/mol. The maximum atomic E-state index is 12.4. The second-order valence-corrected chi connectivity index (χ2v) is 7.40. The molecule has 0 aromatic carbocycles. The molecule has 0 aliphatic heterocycles. The van der Waals surface area contributed by atoms with Crippen molar-refractivity contribution in [1.29, 1.82) is 0 Å². The minimum Gasteiger partial charge on any atom is -0.395 e. The number of aliphatic hydroxyl groups is 1. The molecule has 0 saturated carbocycles. The molecule has 120 valence electrons. The summed E-state index contributed by atoms with van der Waals surface area (Å²) in [5, 5.41) is 23.0. The molecule has 0 radical (unpaired) electrons. The fraction of sp³-hybridized carbons (Fsp3) is 0.636. The lowest BCUT2D eigenvalue weighted by Gasteiger charge is -2.17. The first-order chi connectivity index (χ1) is 9.88. The van der Waals surface area contributed by atoms with E-state index in [1.165, 1.54) is 0 Å². The molecule has 1 aromatic heterocycles. The van der Waals surface area contributed by atoms with Gasteiger partial charge >= 0.3 is 5.69 Å². The van der Waals surface area contributed by atoms with E-state index in [0.717, 1.165) is 28.1 Å². The SMILES string of the molecule is CCCNc1sc(S(=O)(=O)N(CC)CCO)cc1[N+](=O)[O-]. The number of nitrogens with zero attached hydrogens (tertiary/aromatic N) is 2. The number of thiophene rings is 1. The summed E-state index contributed by atoms with van der Waals surface area (Å²) in [7, 11) is -3.83. The topological polar surface area (TPSA) is 113 Å². The van der Waals surface area contributed by atoms with E-state index in [2.05, 4.69) is 5.32 Å². The first-order valence-corrected chi connectivity index (χ1v) is 8.77. The molecule has 0 unspecified atom stereocenters. The summed E-state index contributed by atoms with van der Waals surface area (Å²) < 4.78 is 25.8. The Morgan fingerprint density at radius 1 is 1.48 bits per heavy atom. The van der Waals surface area contributed by atoms with E-state index in [9.17, 15) is 18.5 Å². The van der Waals surface area contributed by atoms with Crippen LogP contribution in [0.15, 0.2) is 10.3 Å². The highest BCUT2D eigenvalue weighted by Gasteiger charge is 2.29. The summed E-state index contributed by atoms with van der Waals surface area (Å²) in [5.41, 5.74) is -0.243. The van der Waals surface area contributed by atoms with E-state index in [-0.39, 0.29) is 34.6 Å². The minimum absolute atomic E-state index is 0.0394. The smallest absolute Gasteiger partial charge is 0.304 e. The summed E-state index contributed by atoms with van der Waals surface area (Å²) in [5.74, 6) is 0. The molecule has 0 aliphatic rings. The Balaban J connectivity index is 3.20. The molecule has 21 heavy (non-hydrogen) atoms. The molecule has 2 N–H and O–H groups in total. The summed E-state index contributed by atoms with van der Waals surface area (Å²) in [4.78, 5) is 10.4. The van der Waals surface area contributed by atoms with Crippen molar-refractivity contribution < 1.29 is 18.4 Å². The van der Waals surface area contributed by atoms with Gasteiger partial charge in [0.25, 0.3) is 10.0 Å². The van der Waals surface area contributed by atoms with Crippen LogP contribution < -0.4 is 5.32 Å². The summed E-state index contributed by atoms with van der Waals surface area (Å²) in [6.45, 7) is 3.92. The Hall–Kier alpha value is -1.23. The first-order valence-electron chi connectivity index (χ1n) is 6.51. The number of aliphatic hydroxyl groups excluding tert-OH is 1. The first kappa shape index (κ1) is 17.8. The molecule has 10 heteroatoms. The number of nitro groups is 1. The van der Waals surface area contributed by atoms with Gasteiger partial charge in [0.2, 0.25) is 0 Å². The lowest BCUT2D eigenvalue weighted by molar-refractivity contribution is -0.383. The van der Waals surface area contributed by atoms with Gasteiger partial charge in [0.05, 0.1) is 11.5 Å². The van der Waals surface area contributed by atoms with Crippen LogP contribution in [0, 0.1) is 10.1 Å². The number of hydrogen-bond acceptors (Lipinski definition) is 7. The zero-order chi connectivity index (χ0) is 16.0. The zero-order valence-corrected chi connectivity index (χ0v) is 13.5. The Morgan fingerprint density at radius 3 is 2.62 bits per heavy atom. The Labute approximate surface area is 127 Å². The third kappa shape index (κ3) is 4.13. The van der Waals surface area contributed by atoms with Crippen LogP contribution in [0.1, 0.15) is 20.3 Å². The van der Waals surface area contributed by atoms with Crippen LogP contribution in [0.5, 0.6) is 0 Å². The lowest BCUT2D eigenvalue weighted by atomic mass is 10.4. The summed E-state index contributed by atoms with van der Waals surface area (Å²) in [6, 6.07) is 1.07. The molecular formula is C11H19N3O5S2. The van der Waals surface area contributed by atoms with E-state index in [1.54, 1.807) is 6.92 Å². The van der Waals surface area contributed by atoms with Gasteiger partial charge in [-0.25, -0.2) is 8.42 Å². The van der Waals surface area contributed by atoms with Crippen LogP contribution in [-0.2, 0) is 10.0 Å². The van der Waals surface area contributed by atoms with Gasteiger partial charge in [-0.3, -0.25) is 10.1 Å². The number of nitrogens with one attached hydrogen (secondary N) is 1. The Kier molecular flexibility index (Phi) is 6.52. The van der Waals surface area contributed by atoms with Crippen molar-refractivity contribution >= 4 is 32.0 Å². The molecule has 0 spiro atoms. The predicted molar refractivity (Wildman–Crippen MR) is 81.3 cm³/mol. The van der Waals surface area contributed by atoms with Crippen molar-refractivity contribution in [2.45, 2.75) is 24.5 Å². The fourth-order valence-electron chi connectivity index (χ4n) is 1.67. The molecule has 0 fully saturated rings. The standard InChI is InChI=1S/C11H19N3O5S2/c1-3-5-12-11-9(14(16)17)8-10(20-11)21(18,19)13(4-2)6-7-15/h8,12,15H,3-7H2,1-2H3. The molecule has 0 aliphatic carbocycles. The van der Waals surface area contributed by atoms with Crippen molar-refractivity contribution in [1.82, 2.24) is 4.31 Å². The number of anilines is 1. The molecule has 0 amide bonds. The van der Waals surface area contributed by atoms with Gasteiger partial charge in [0, 0.05) is 25.7 Å². The van der Waals surface area contributed by atoms with Crippen molar-refractivity contribution in [3.63, 3.8) is 0 Å². The van der Waals surface area contributed by atoms with E-state index in [1.807, 2.05) is 6.92 Å². The van der Waals surface area contributed by atoms with Crippen LogP contribution in [-0.4, -0.2) is 49.0 Å². The molecule has 0 atom stereocenters. The van der Waals surface area contributed by atoms with E-state index >= 15 is 0 Å². The van der Waals surface area contributed by atoms with E-state index in [0.29, 0.717) is 6.54 Å². The quantitative estimate of drug-likeness (QED) is 0.521. The summed E-state index contributed by atoms with van der Waals surface area (Å²) >= 11 is 0.840. The number of hydrogen-bond donors (Lipinski definition) is 2. The van der Waals surface area contributed by atoms with Gasteiger partial charge in [-0.15, -0.1) is 0 Å². The van der Waals surface area contributed by atoms with Crippen molar-refractivity contribution in [2.75, 3.05) is 31.6 Å². The second kappa shape index (κ2) is 7.69. The minimum atomic E-state index is -3.83. The highest BCUT2D eigenvalue weighted by molar-refractivity contribution is 7.91. The molecule has 0 saturated heterocycles. The van der Waals surface area contributed by atoms with Crippen LogP contribution in [0.3, 0.4) is 0 Å². The molecule has 1 heterocycles. The number of likely N-dealkylation sites (N-methyl/N-ethyl adjacent to an activating group) is 1. The number of rotatable bonds is 9. The van der Waals surface area contributed by atoms with Gasteiger partial charge < -0.3 is 10.4 Å². The van der Waals surface area contributed by atoms with Gasteiger partial charge in [-0.05, 0) is 6.42 Å². The Bertz CT molecular complexity index is 585. The van der Waals surface area contributed by atoms with Gasteiger partial charge in [0.1, 0.15) is 4.21 Å². The lowest BCUT2D eigenvalue weighted by Crippen LogP contribution is -2.32. The van der Waals surface area contributed by atoms with Gasteiger partial charge in [0.15, 0.2) is 5.00 Å². The van der Waals surface area contributed by atoms with Crippen LogP contribution >= 0.6 is 11.3 Å². The average Bonchev–Trinajstić information content (AvgIpc) is 2.87. The highest BCUT2D eigenvalue weighted by atomic mass is 32.2. The zero-order valence-electron chi connectivity index (χ0n) is 11.9. The monoisotopic (exact) mass is 337 g/mol. The predicted octanol–water partition coefficient (Wildman–Crippen LogP) is 1.48. The average molecular weight is 337 g/mol. The van der Waals surface area contributed by atoms with Crippen molar-refractivity contribution in [2.24, 2.45) is 0 Å². The molecule has 0 bridgehead atoms. The third-order valence-corrected chi connectivity index (χ3v) is 6.22. The van der Waals surface area contributed by atoms with Crippen molar-refractivity contribution in [3.8, 4) is 0 Å². The van der Waals surface area contributed by atoms with Crippen LogP contribution in [0.4, 0.5) is 10.7 Å². The van der Waals surface area contributed by atoms with Gasteiger partial charge in [-0.2, -0.15) is 4.31 Å². The Morgan fingerprint density at radius 2 is 2.14 bits per heavy atom. The second-order valence-electron chi connectivity index (χ2n) is 4.18. The largest absolute Gasteiger partial charge is 0.395 e. The van der Waals surface area contributed by atoms with Gasteiger partial charge in [-0.1, -0.05) is 25.2 Å².